The number of allylic oxidation sites excluding steroid dienone is 3. The molecule has 0 amide bonds. The fraction of sp³-hybridized carbons (Fsp3) is 0.368. The molecule has 0 bridgehead atoms. The molecule has 2 heterocycles. The van der Waals surface area contributed by atoms with E-state index in [1.54, 1.807) is 7.11 Å². The van der Waals surface area contributed by atoms with Crippen molar-refractivity contribution in [1.29, 1.82) is 0 Å². The minimum Gasteiger partial charge on any atom is -0.356 e. The van der Waals surface area contributed by atoms with Gasteiger partial charge in [-0.05, 0) is 29.7 Å². The van der Waals surface area contributed by atoms with Crippen molar-refractivity contribution in [2.75, 3.05) is 25.8 Å². The molecular weight excluding hydrogens is 306 g/mol. The molecule has 5 rings (SSSR count). The molecule has 3 unspecified atom stereocenters. The number of para-hydroxylation sites is 1. The number of hydrogen-bond acceptors (Lipinski definition) is 5. The van der Waals surface area contributed by atoms with Gasteiger partial charge in [-0.25, -0.2) is 9.90 Å². The Bertz CT molecular complexity index is 768. The van der Waals surface area contributed by atoms with Crippen molar-refractivity contribution in [3.05, 3.63) is 65.3 Å². The van der Waals surface area contributed by atoms with E-state index in [0.29, 0.717) is 0 Å². The molecule has 0 aromatic heterocycles. The van der Waals surface area contributed by atoms with E-state index >= 15 is 0 Å². The molecule has 5 nitrogen and oxygen atoms in total. The van der Waals surface area contributed by atoms with Crippen LogP contribution in [0, 0.1) is 0 Å². The summed E-state index contributed by atoms with van der Waals surface area (Å²) >= 11 is 0. The smallest absolute Gasteiger partial charge is 0.173 e. The van der Waals surface area contributed by atoms with E-state index < -0.39 is 5.60 Å². The first kappa shape index (κ1) is 14.4. The van der Waals surface area contributed by atoms with Gasteiger partial charge in [-0.3, -0.25) is 0 Å². The normalized spacial score (nSPS) is 32.6. The number of methoxy groups -OCH3 is 1. The molecule has 1 spiro atoms. The lowest BCUT2D eigenvalue weighted by molar-refractivity contribution is -0.0784. The highest BCUT2D eigenvalue weighted by atomic mass is 16.8. The minimum atomic E-state index is -0.558. The number of fused-ring (bicyclic) bond motifs is 4. The second-order valence-corrected chi connectivity index (χ2v) is 6.38. The largest absolute Gasteiger partial charge is 0.356 e. The summed E-state index contributed by atoms with van der Waals surface area (Å²) in [6.45, 7) is 0.472. The van der Waals surface area contributed by atoms with Gasteiger partial charge in [-0.2, -0.15) is 0 Å². The van der Waals surface area contributed by atoms with Gasteiger partial charge in [-0.15, -0.1) is 0 Å². The van der Waals surface area contributed by atoms with E-state index in [1.807, 2.05) is 17.2 Å². The molecule has 2 aliphatic carbocycles. The van der Waals surface area contributed by atoms with Crippen LogP contribution in [-0.2, 0) is 19.0 Å². The molecule has 2 aliphatic heterocycles. The van der Waals surface area contributed by atoms with Crippen LogP contribution in [0.1, 0.15) is 18.1 Å². The van der Waals surface area contributed by atoms with Crippen LogP contribution in [0.2, 0.25) is 0 Å². The molecule has 1 fully saturated rings. The lowest BCUT2D eigenvalue weighted by atomic mass is 9.80. The fourth-order valence-corrected chi connectivity index (χ4v) is 4.26. The minimum absolute atomic E-state index is 0.0741. The quantitative estimate of drug-likeness (QED) is 0.799. The Hall–Kier alpha value is -1.92. The standard InChI is InChI=1S/C19H19NO4/c1-21-11-24-20-16-9-5-4-8-15(16)18-19(23-12-22-18)10-13-6-2-3-7-14(13)17(19)20/h2,4-10,17-18H,3,11-12H2,1H3. The van der Waals surface area contributed by atoms with E-state index in [-0.39, 0.29) is 25.7 Å². The first-order valence-electron chi connectivity index (χ1n) is 8.20. The average molecular weight is 325 g/mol. The highest BCUT2D eigenvalue weighted by molar-refractivity contribution is 5.68. The summed E-state index contributed by atoms with van der Waals surface area (Å²) in [7, 11) is 1.63. The molecule has 5 heteroatoms. The maximum absolute atomic E-state index is 6.19. The predicted molar refractivity (Wildman–Crippen MR) is 88.1 cm³/mol. The zero-order chi connectivity index (χ0) is 16.1. The molecule has 1 saturated heterocycles. The van der Waals surface area contributed by atoms with Gasteiger partial charge in [0.25, 0.3) is 0 Å². The van der Waals surface area contributed by atoms with Gasteiger partial charge in [0.1, 0.15) is 24.5 Å². The van der Waals surface area contributed by atoms with Crippen LogP contribution in [0.4, 0.5) is 5.69 Å². The third kappa shape index (κ3) is 1.78. The molecule has 0 N–H and O–H groups in total. The van der Waals surface area contributed by atoms with Crippen molar-refractivity contribution in [3.63, 3.8) is 0 Å². The molecule has 3 atom stereocenters. The maximum atomic E-state index is 6.19. The van der Waals surface area contributed by atoms with E-state index in [1.165, 1.54) is 11.1 Å². The van der Waals surface area contributed by atoms with Crippen molar-refractivity contribution in [1.82, 2.24) is 0 Å². The lowest BCUT2D eigenvalue weighted by Gasteiger charge is -2.46. The van der Waals surface area contributed by atoms with Gasteiger partial charge in [0.2, 0.25) is 0 Å². The molecule has 24 heavy (non-hydrogen) atoms. The summed E-state index contributed by atoms with van der Waals surface area (Å²) in [6.07, 6.45) is 9.58. The van der Waals surface area contributed by atoms with Crippen LogP contribution in [-0.4, -0.2) is 32.3 Å². The SMILES string of the molecule is COCON1c2ccccc2C2OCOC23C=C2C=CCC=C2C13. The van der Waals surface area contributed by atoms with Gasteiger partial charge in [0, 0.05) is 12.7 Å². The number of anilines is 1. The van der Waals surface area contributed by atoms with Crippen LogP contribution < -0.4 is 5.06 Å². The fourth-order valence-electron chi connectivity index (χ4n) is 4.26. The summed E-state index contributed by atoms with van der Waals surface area (Å²) in [5.41, 5.74) is 3.97. The van der Waals surface area contributed by atoms with Crippen molar-refractivity contribution < 1.29 is 19.0 Å². The lowest BCUT2D eigenvalue weighted by Crippen LogP contribution is -2.56. The van der Waals surface area contributed by atoms with Crippen molar-refractivity contribution >= 4 is 5.69 Å². The number of nitrogens with zero attached hydrogens (tertiary/aromatic N) is 1. The topological polar surface area (TPSA) is 40.2 Å². The molecule has 1 aromatic carbocycles. The van der Waals surface area contributed by atoms with Gasteiger partial charge >= 0.3 is 0 Å². The number of hydroxylamine groups is 1. The summed E-state index contributed by atoms with van der Waals surface area (Å²) < 4.78 is 17.4. The Balaban J connectivity index is 1.71. The average Bonchev–Trinajstić information content (AvgIpc) is 3.19. The molecule has 0 radical (unpaired) electrons. The Morgan fingerprint density at radius 1 is 1.33 bits per heavy atom. The van der Waals surface area contributed by atoms with Crippen LogP contribution >= 0.6 is 0 Å². The van der Waals surface area contributed by atoms with E-state index in [4.69, 9.17) is 19.0 Å². The molecular formula is C19H19NO4. The van der Waals surface area contributed by atoms with E-state index in [0.717, 1.165) is 17.7 Å². The summed E-state index contributed by atoms with van der Waals surface area (Å²) in [5.74, 6) is 0. The summed E-state index contributed by atoms with van der Waals surface area (Å²) in [4.78, 5) is 6.00. The number of hydrogen-bond donors (Lipinski definition) is 0. The van der Waals surface area contributed by atoms with E-state index in [2.05, 4.69) is 36.4 Å². The first-order valence-corrected chi connectivity index (χ1v) is 8.20. The summed E-state index contributed by atoms with van der Waals surface area (Å²) in [5, 5.41) is 1.94. The van der Waals surface area contributed by atoms with Crippen LogP contribution in [0.5, 0.6) is 0 Å². The molecule has 4 aliphatic rings. The monoisotopic (exact) mass is 325 g/mol. The summed E-state index contributed by atoms with van der Waals surface area (Å²) in [6, 6.07) is 8.12. The third-order valence-corrected chi connectivity index (χ3v) is 5.16. The van der Waals surface area contributed by atoms with Gasteiger partial charge < -0.3 is 14.2 Å². The zero-order valence-electron chi connectivity index (χ0n) is 13.5. The van der Waals surface area contributed by atoms with Crippen molar-refractivity contribution in [2.24, 2.45) is 0 Å². The zero-order valence-corrected chi connectivity index (χ0v) is 13.5. The second-order valence-electron chi connectivity index (χ2n) is 6.38. The highest BCUT2D eigenvalue weighted by Crippen LogP contribution is 2.57. The van der Waals surface area contributed by atoms with Gasteiger partial charge in [0.05, 0.1) is 5.69 Å². The number of ether oxygens (including phenoxy) is 3. The first-order chi connectivity index (χ1) is 11.8. The Morgan fingerprint density at radius 3 is 3.17 bits per heavy atom. The molecule has 1 aromatic rings. The second kappa shape index (κ2) is 5.29. The highest BCUT2D eigenvalue weighted by Gasteiger charge is 2.62. The van der Waals surface area contributed by atoms with Crippen LogP contribution in [0.3, 0.4) is 0 Å². The number of benzene rings is 1. The Kier molecular flexibility index (Phi) is 3.18. The van der Waals surface area contributed by atoms with Gasteiger partial charge in [-0.1, -0.05) is 36.4 Å². The maximum Gasteiger partial charge on any atom is 0.173 e. The van der Waals surface area contributed by atoms with Gasteiger partial charge in [0.15, 0.2) is 6.79 Å². The Labute approximate surface area is 140 Å². The van der Waals surface area contributed by atoms with Crippen LogP contribution in [0.25, 0.3) is 0 Å². The Morgan fingerprint density at radius 2 is 2.25 bits per heavy atom. The number of rotatable bonds is 3. The van der Waals surface area contributed by atoms with E-state index in [9.17, 15) is 0 Å². The third-order valence-electron chi connectivity index (χ3n) is 5.16. The van der Waals surface area contributed by atoms with Crippen molar-refractivity contribution in [3.8, 4) is 0 Å². The molecule has 0 saturated carbocycles. The van der Waals surface area contributed by atoms with Crippen LogP contribution in [0.15, 0.2) is 59.7 Å². The van der Waals surface area contributed by atoms with Crippen molar-refractivity contribution in [2.45, 2.75) is 24.2 Å². The molecule has 124 valence electrons. The predicted octanol–water partition coefficient (Wildman–Crippen LogP) is 3.02.